The summed E-state index contributed by atoms with van der Waals surface area (Å²) in [5.74, 6) is -1.51. The Hall–Kier alpha value is -2.11. The molecule has 2 atom stereocenters. The summed E-state index contributed by atoms with van der Waals surface area (Å²) in [7, 11) is 0. The van der Waals surface area contributed by atoms with Gasteiger partial charge >= 0.3 is 12.1 Å². The Balaban J connectivity index is 2.15. The molecule has 5 nitrogen and oxygen atoms in total. The minimum absolute atomic E-state index is 0.0921. The zero-order valence-electron chi connectivity index (χ0n) is 13.6. The Labute approximate surface area is 135 Å². The molecule has 2 rings (SSSR count). The van der Waals surface area contributed by atoms with Crippen molar-refractivity contribution in [3.8, 4) is 0 Å². The van der Waals surface area contributed by atoms with Crippen LogP contribution in [0.15, 0.2) is 24.3 Å². The largest absolute Gasteiger partial charge is 0.480 e. The molecule has 0 aliphatic carbocycles. The lowest BCUT2D eigenvalue weighted by Crippen LogP contribution is -2.51. The van der Waals surface area contributed by atoms with Gasteiger partial charge in [-0.2, -0.15) is 0 Å². The molecule has 1 aliphatic heterocycles. The van der Waals surface area contributed by atoms with Gasteiger partial charge in [-0.1, -0.05) is 12.1 Å². The second kappa shape index (κ2) is 6.56. The van der Waals surface area contributed by atoms with Gasteiger partial charge in [-0.25, -0.2) is 14.0 Å². The van der Waals surface area contributed by atoms with Crippen LogP contribution in [0.25, 0.3) is 0 Å². The number of rotatable bonds is 2. The third-order valence-corrected chi connectivity index (χ3v) is 3.84. The van der Waals surface area contributed by atoms with Crippen LogP contribution in [-0.2, 0) is 9.53 Å². The van der Waals surface area contributed by atoms with E-state index >= 15 is 0 Å². The molecule has 126 valence electrons. The SMILES string of the molecule is CC(C)(C)OC(=O)N1CCC(c2cccc(F)c2)CC1C(=O)O. The fraction of sp³-hybridized carbons (Fsp3) is 0.529. The van der Waals surface area contributed by atoms with Crippen LogP contribution in [0.4, 0.5) is 9.18 Å². The highest BCUT2D eigenvalue weighted by molar-refractivity contribution is 5.80. The number of hydrogen-bond acceptors (Lipinski definition) is 3. The average Bonchev–Trinajstić information content (AvgIpc) is 2.44. The molecule has 1 aromatic rings. The van der Waals surface area contributed by atoms with E-state index in [9.17, 15) is 19.1 Å². The molecule has 0 aromatic heterocycles. The van der Waals surface area contributed by atoms with Crippen molar-refractivity contribution < 1.29 is 23.8 Å². The molecule has 1 N–H and O–H groups in total. The first-order valence-corrected chi connectivity index (χ1v) is 7.65. The number of aliphatic carboxylic acids is 1. The molecule has 0 saturated carbocycles. The Bertz CT molecular complexity index is 597. The maximum absolute atomic E-state index is 13.4. The summed E-state index contributed by atoms with van der Waals surface area (Å²) in [4.78, 5) is 25.0. The minimum atomic E-state index is -1.07. The topological polar surface area (TPSA) is 66.8 Å². The summed E-state index contributed by atoms with van der Waals surface area (Å²) < 4.78 is 18.6. The first kappa shape index (κ1) is 17.2. The van der Waals surface area contributed by atoms with Crippen molar-refractivity contribution in [3.63, 3.8) is 0 Å². The molecule has 0 radical (unpaired) electrons. The first-order valence-electron chi connectivity index (χ1n) is 7.65. The van der Waals surface area contributed by atoms with Crippen LogP contribution in [0.1, 0.15) is 45.1 Å². The Morgan fingerprint density at radius 2 is 2.04 bits per heavy atom. The maximum Gasteiger partial charge on any atom is 0.411 e. The van der Waals surface area contributed by atoms with Crippen molar-refractivity contribution in [2.75, 3.05) is 6.54 Å². The van der Waals surface area contributed by atoms with Crippen molar-refractivity contribution in [2.45, 2.75) is 51.2 Å². The number of carbonyl (C=O) groups is 2. The van der Waals surface area contributed by atoms with E-state index in [1.165, 1.54) is 17.0 Å². The number of ether oxygens (including phenoxy) is 1. The van der Waals surface area contributed by atoms with Gasteiger partial charge in [0.2, 0.25) is 0 Å². The summed E-state index contributed by atoms with van der Waals surface area (Å²) in [5.41, 5.74) is 0.0830. The lowest BCUT2D eigenvalue weighted by molar-refractivity contribution is -0.144. The predicted octanol–water partition coefficient (Wildman–Crippen LogP) is 3.39. The number of benzene rings is 1. The van der Waals surface area contributed by atoms with Gasteiger partial charge in [-0.15, -0.1) is 0 Å². The summed E-state index contributed by atoms with van der Waals surface area (Å²) in [5, 5.41) is 9.45. The van der Waals surface area contributed by atoms with Crippen LogP contribution in [0, 0.1) is 5.82 Å². The van der Waals surface area contributed by atoms with Crippen LogP contribution >= 0.6 is 0 Å². The van der Waals surface area contributed by atoms with Crippen LogP contribution in [0.3, 0.4) is 0 Å². The van der Waals surface area contributed by atoms with Gasteiger partial charge < -0.3 is 9.84 Å². The van der Waals surface area contributed by atoms with Crippen LogP contribution < -0.4 is 0 Å². The first-order chi connectivity index (χ1) is 10.7. The molecule has 1 heterocycles. The normalized spacial score (nSPS) is 21.8. The lowest BCUT2D eigenvalue weighted by atomic mass is 9.85. The quantitative estimate of drug-likeness (QED) is 0.906. The van der Waals surface area contributed by atoms with Gasteiger partial charge in [0.15, 0.2) is 0 Å². The standard InChI is InChI=1S/C17H22FNO4/c1-17(2,3)23-16(22)19-8-7-12(10-14(19)15(20)21)11-5-4-6-13(18)9-11/h4-6,9,12,14H,7-8,10H2,1-3H3,(H,20,21). The van der Waals surface area contributed by atoms with Gasteiger partial charge in [0, 0.05) is 6.54 Å². The Morgan fingerprint density at radius 3 is 2.61 bits per heavy atom. The molecule has 23 heavy (non-hydrogen) atoms. The van der Waals surface area contributed by atoms with Gasteiger partial charge in [0.25, 0.3) is 0 Å². The summed E-state index contributed by atoms with van der Waals surface area (Å²) in [6.45, 7) is 5.48. The third kappa shape index (κ3) is 4.43. The highest BCUT2D eigenvalue weighted by Gasteiger charge is 2.38. The van der Waals surface area contributed by atoms with Crippen molar-refractivity contribution in [1.29, 1.82) is 0 Å². The van der Waals surface area contributed by atoms with Gasteiger partial charge in [0.05, 0.1) is 0 Å². The fourth-order valence-corrected chi connectivity index (χ4v) is 2.80. The smallest absolute Gasteiger partial charge is 0.411 e. The van der Waals surface area contributed by atoms with E-state index in [4.69, 9.17) is 4.74 Å². The monoisotopic (exact) mass is 323 g/mol. The minimum Gasteiger partial charge on any atom is -0.480 e. The second-order valence-corrected chi connectivity index (χ2v) is 6.80. The van der Waals surface area contributed by atoms with Crippen molar-refractivity contribution in [2.24, 2.45) is 0 Å². The molecule has 1 aromatic carbocycles. The van der Waals surface area contributed by atoms with Crippen LogP contribution in [0.5, 0.6) is 0 Å². The number of amides is 1. The van der Waals surface area contributed by atoms with Crippen molar-refractivity contribution in [1.82, 2.24) is 4.90 Å². The molecule has 1 fully saturated rings. The fourth-order valence-electron chi connectivity index (χ4n) is 2.80. The number of likely N-dealkylation sites (tertiary alicyclic amines) is 1. The highest BCUT2D eigenvalue weighted by Crippen LogP contribution is 2.32. The number of carboxylic acid groups (broad SMARTS) is 1. The van der Waals surface area contributed by atoms with E-state index in [0.717, 1.165) is 5.56 Å². The molecule has 1 aliphatic rings. The molecule has 1 amide bonds. The summed E-state index contributed by atoms with van der Waals surface area (Å²) in [6.07, 6.45) is 0.201. The average molecular weight is 323 g/mol. The number of carboxylic acids is 1. The number of carbonyl (C=O) groups excluding carboxylic acids is 1. The third-order valence-electron chi connectivity index (χ3n) is 3.84. The second-order valence-electron chi connectivity index (χ2n) is 6.80. The maximum atomic E-state index is 13.4. The molecule has 2 unspecified atom stereocenters. The van der Waals surface area contributed by atoms with Crippen LogP contribution in [0.2, 0.25) is 0 Å². The molecule has 1 saturated heterocycles. The lowest BCUT2D eigenvalue weighted by Gasteiger charge is -2.38. The zero-order valence-corrected chi connectivity index (χ0v) is 13.6. The van der Waals surface area contributed by atoms with E-state index < -0.39 is 23.7 Å². The highest BCUT2D eigenvalue weighted by atomic mass is 19.1. The van der Waals surface area contributed by atoms with E-state index in [1.54, 1.807) is 32.9 Å². The predicted molar refractivity (Wildman–Crippen MR) is 82.7 cm³/mol. The van der Waals surface area contributed by atoms with Gasteiger partial charge in [-0.05, 0) is 57.2 Å². The zero-order chi connectivity index (χ0) is 17.2. The molecule has 0 bridgehead atoms. The van der Waals surface area contributed by atoms with Gasteiger partial charge in [0.1, 0.15) is 17.5 Å². The number of nitrogens with zero attached hydrogens (tertiary/aromatic N) is 1. The van der Waals surface area contributed by atoms with E-state index in [2.05, 4.69) is 0 Å². The van der Waals surface area contributed by atoms with Gasteiger partial charge in [-0.3, -0.25) is 4.90 Å². The summed E-state index contributed by atoms with van der Waals surface area (Å²) in [6, 6.07) is 5.21. The molecule has 6 heteroatoms. The summed E-state index contributed by atoms with van der Waals surface area (Å²) >= 11 is 0. The number of halogens is 1. The van der Waals surface area contributed by atoms with Crippen LogP contribution in [-0.4, -0.2) is 40.3 Å². The van der Waals surface area contributed by atoms with Crippen molar-refractivity contribution >= 4 is 12.1 Å². The Kier molecular flexibility index (Phi) is 4.92. The van der Waals surface area contributed by atoms with Crippen molar-refractivity contribution in [3.05, 3.63) is 35.6 Å². The Morgan fingerprint density at radius 1 is 1.35 bits per heavy atom. The molecular weight excluding hydrogens is 301 g/mol. The van der Waals surface area contributed by atoms with E-state index in [0.29, 0.717) is 6.42 Å². The number of piperidine rings is 1. The number of hydrogen-bond donors (Lipinski definition) is 1. The molecule has 0 spiro atoms. The van der Waals surface area contributed by atoms with E-state index in [1.807, 2.05) is 0 Å². The van der Waals surface area contributed by atoms with E-state index in [-0.39, 0.29) is 24.7 Å². The molecular formula is C17H22FNO4.